The van der Waals surface area contributed by atoms with Crippen LogP contribution < -0.4 is 4.74 Å². The van der Waals surface area contributed by atoms with Crippen molar-refractivity contribution in [2.75, 3.05) is 26.2 Å². The quantitative estimate of drug-likeness (QED) is 0.904. The number of likely N-dealkylation sites (tertiary alicyclic amines) is 1. The molecule has 1 aromatic carbocycles. The molecule has 0 spiro atoms. The third-order valence-electron chi connectivity index (χ3n) is 3.98. The first-order chi connectivity index (χ1) is 10.2. The molecule has 21 heavy (non-hydrogen) atoms. The van der Waals surface area contributed by atoms with Crippen molar-refractivity contribution in [1.82, 2.24) is 4.90 Å². The monoisotopic (exact) mass is 288 g/mol. The summed E-state index contributed by atoms with van der Waals surface area (Å²) in [6.07, 6.45) is 3.20. The number of aliphatic hydroxyl groups is 1. The summed E-state index contributed by atoms with van der Waals surface area (Å²) in [7, 11) is 0. The Labute approximate surface area is 127 Å². The lowest BCUT2D eigenvalue weighted by molar-refractivity contribution is 0.0690. The zero-order valence-electron chi connectivity index (χ0n) is 12.7. The molecule has 0 radical (unpaired) electrons. The van der Waals surface area contributed by atoms with E-state index < -0.39 is 6.10 Å². The van der Waals surface area contributed by atoms with Gasteiger partial charge in [0.2, 0.25) is 0 Å². The summed E-state index contributed by atoms with van der Waals surface area (Å²) in [6, 6.07) is 9.11. The summed E-state index contributed by atoms with van der Waals surface area (Å²) in [4.78, 5) is 2.32. The molecule has 4 nitrogen and oxygen atoms in total. The standard InChI is InChI=1S/C17H24N2O2/c1-14-4-3-8-19(9-7-14)12-16(20)13-21-17-6-2-5-15(10-17)11-18/h2,5-6,10,14,16,20H,3-4,7-9,12-13H2,1H3. The highest BCUT2D eigenvalue weighted by molar-refractivity contribution is 5.36. The van der Waals surface area contributed by atoms with Crippen molar-refractivity contribution >= 4 is 0 Å². The molecule has 2 unspecified atom stereocenters. The lowest BCUT2D eigenvalue weighted by atomic mass is 10.0. The van der Waals surface area contributed by atoms with Crippen molar-refractivity contribution in [3.05, 3.63) is 29.8 Å². The van der Waals surface area contributed by atoms with Crippen molar-refractivity contribution < 1.29 is 9.84 Å². The van der Waals surface area contributed by atoms with Gasteiger partial charge in [-0.05, 0) is 56.5 Å². The number of aliphatic hydroxyl groups excluding tert-OH is 1. The molecule has 1 heterocycles. The number of benzene rings is 1. The smallest absolute Gasteiger partial charge is 0.120 e. The highest BCUT2D eigenvalue weighted by Crippen LogP contribution is 2.17. The second kappa shape index (κ2) is 8.02. The number of nitriles is 1. The summed E-state index contributed by atoms with van der Waals surface area (Å²) < 4.78 is 5.58. The van der Waals surface area contributed by atoms with Crippen molar-refractivity contribution in [3.63, 3.8) is 0 Å². The minimum atomic E-state index is -0.496. The van der Waals surface area contributed by atoms with Crippen LogP contribution in [0.4, 0.5) is 0 Å². The number of β-amino-alcohol motifs (C(OH)–C–C–N with tert-alkyl or cyclic N) is 1. The van der Waals surface area contributed by atoms with Gasteiger partial charge in [-0.25, -0.2) is 0 Å². The normalized spacial score (nSPS) is 21.3. The molecule has 1 aromatic rings. The van der Waals surface area contributed by atoms with E-state index in [4.69, 9.17) is 10.00 Å². The maximum absolute atomic E-state index is 10.1. The van der Waals surface area contributed by atoms with E-state index in [0.29, 0.717) is 17.9 Å². The van der Waals surface area contributed by atoms with E-state index in [9.17, 15) is 5.11 Å². The van der Waals surface area contributed by atoms with Crippen molar-refractivity contribution in [2.24, 2.45) is 5.92 Å². The topological polar surface area (TPSA) is 56.5 Å². The van der Waals surface area contributed by atoms with Gasteiger partial charge in [-0.1, -0.05) is 13.0 Å². The van der Waals surface area contributed by atoms with Gasteiger partial charge in [0, 0.05) is 6.54 Å². The molecule has 0 bridgehead atoms. The van der Waals surface area contributed by atoms with Crippen molar-refractivity contribution in [2.45, 2.75) is 32.3 Å². The molecule has 1 aliphatic rings. The fraction of sp³-hybridized carbons (Fsp3) is 0.588. The van der Waals surface area contributed by atoms with Crippen LogP contribution in [0.3, 0.4) is 0 Å². The maximum atomic E-state index is 10.1. The van der Waals surface area contributed by atoms with Crippen LogP contribution in [0.5, 0.6) is 5.75 Å². The van der Waals surface area contributed by atoms with Gasteiger partial charge in [-0.2, -0.15) is 5.26 Å². The van der Waals surface area contributed by atoms with Gasteiger partial charge < -0.3 is 14.7 Å². The van der Waals surface area contributed by atoms with Gasteiger partial charge >= 0.3 is 0 Å². The Morgan fingerprint density at radius 2 is 2.29 bits per heavy atom. The highest BCUT2D eigenvalue weighted by atomic mass is 16.5. The van der Waals surface area contributed by atoms with Crippen LogP contribution >= 0.6 is 0 Å². The predicted molar refractivity (Wildman–Crippen MR) is 82.1 cm³/mol. The predicted octanol–water partition coefficient (Wildman–Crippen LogP) is 2.42. The first-order valence-corrected chi connectivity index (χ1v) is 7.70. The summed E-state index contributed by atoms with van der Waals surface area (Å²) in [6.45, 7) is 5.34. The Hall–Kier alpha value is -1.57. The number of ether oxygens (including phenoxy) is 1. The average molecular weight is 288 g/mol. The van der Waals surface area contributed by atoms with Crippen LogP contribution in [0, 0.1) is 17.2 Å². The summed E-state index contributed by atoms with van der Waals surface area (Å²) in [5.74, 6) is 1.43. The molecule has 2 rings (SSSR count). The van der Waals surface area contributed by atoms with E-state index in [1.54, 1.807) is 24.3 Å². The number of hydrogen-bond donors (Lipinski definition) is 1. The van der Waals surface area contributed by atoms with Crippen LogP contribution in [0.1, 0.15) is 31.7 Å². The average Bonchev–Trinajstić information content (AvgIpc) is 2.70. The van der Waals surface area contributed by atoms with Crippen LogP contribution in [0.2, 0.25) is 0 Å². The Balaban J connectivity index is 1.76. The Morgan fingerprint density at radius 1 is 1.43 bits per heavy atom. The first-order valence-electron chi connectivity index (χ1n) is 7.70. The van der Waals surface area contributed by atoms with E-state index in [1.165, 1.54) is 19.3 Å². The number of hydrogen-bond acceptors (Lipinski definition) is 4. The SMILES string of the molecule is CC1CCCN(CC(O)COc2cccc(C#N)c2)CC1. The second-order valence-electron chi connectivity index (χ2n) is 5.94. The molecule has 0 aromatic heterocycles. The van der Waals surface area contributed by atoms with Crippen LogP contribution in [0.15, 0.2) is 24.3 Å². The summed E-state index contributed by atoms with van der Waals surface area (Å²) in [5, 5.41) is 19.0. The molecule has 0 aliphatic carbocycles. The molecular weight excluding hydrogens is 264 g/mol. The molecule has 1 saturated heterocycles. The lowest BCUT2D eigenvalue weighted by Gasteiger charge is -2.23. The van der Waals surface area contributed by atoms with E-state index in [2.05, 4.69) is 17.9 Å². The molecule has 4 heteroatoms. The highest BCUT2D eigenvalue weighted by Gasteiger charge is 2.17. The first kappa shape index (κ1) is 15.8. The van der Waals surface area contributed by atoms with E-state index in [1.807, 2.05) is 0 Å². The molecule has 1 aliphatic heterocycles. The third-order valence-corrected chi connectivity index (χ3v) is 3.98. The van der Waals surface area contributed by atoms with Crippen molar-refractivity contribution in [1.29, 1.82) is 5.26 Å². The Kier molecular flexibility index (Phi) is 6.04. The maximum Gasteiger partial charge on any atom is 0.120 e. The van der Waals surface area contributed by atoms with Crippen LogP contribution in [-0.4, -0.2) is 42.4 Å². The molecule has 2 atom stereocenters. The summed E-state index contributed by atoms with van der Waals surface area (Å²) in [5.41, 5.74) is 0.573. The van der Waals surface area contributed by atoms with Gasteiger partial charge in [0.05, 0.1) is 11.6 Å². The fourth-order valence-corrected chi connectivity index (χ4v) is 2.70. The van der Waals surface area contributed by atoms with Gasteiger partial charge in [0.15, 0.2) is 0 Å². The number of rotatable bonds is 5. The lowest BCUT2D eigenvalue weighted by Crippen LogP contribution is -2.36. The van der Waals surface area contributed by atoms with Gasteiger partial charge in [0.25, 0.3) is 0 Å². The van der Waals surface area contributed by atoms with Crippen LogP contribution in [0.25, 0.3) is 0 Å². The van der Waals surface area contributed by atoms with E-state index in [-0.39, 0.29) is 6.61 Å². The summed E-state index contributed by atoms with van der Waals surface area (Å²) >= 11 is 0. The molecule has 1 fully saturated rings. The fourth-order valence-electron chi connectivity index (χ4n) is 2.70. The molecule has 114 valence electrons. The number of nitrogens with zero attached hydrogens (tertiary/aromatic N) is 2. The minimum Gasteiger partial charge on any atom is -0.491 e. The molecule has 0 amide bonds. The van der Waals surface area contributed by atoms with E-state index in [0.717, 1.165) is 19.0 Å². The van der Waals surface area contributed by atoms with Gasteiger partial charge in [0.1, 0.15) is 18.5 Å². The zero-order valence-corrected chi connectivity index (χ0v) is 12.7. The van der Waals surface area contributed by atoms with E-state index >= 15 is 0 Å². The van der Waals surface area contributed by atoms with Gasteiger partial charge in [-0.15, -0.1) is 0 Å². The third kappa shape index (κ3) is 5.37. The van der Waals surface area contributed by atoms with Crippen molar-refractivity contribution in [3.8, 4) is 11.8 Å². The zero-order chi connectivity index (χ0) is 15.1. The molecule has 0 saturated carbocycles. The van der Waals surface area contributed by atoms with Gasteiger partial charge in [-0.3, -0.25) is 0 Å². The molecule has 1 N–H and O–H groups in total. The largest absolute Gasteiger partial charge is 0.491 e. The Morgan fingerprint density at radius 3 is 3.10 bits per heavy atom. The minimum absolute atomic E-state index is 0.265. The Bertz CT molecular complexity index is 484. The molecular formula is C17H24N2O2. The van der Waals surface area contributed by atoms with Crippen LogP contribution in [-0.2, 0) is 0 Å². The second-order valence-corrected chi connectivity index (χ2v) is 5.94.